The molecule has 1 atom stereocenters. The molecule has 6 nitrogen and oxygen atoms in total. The van der Waals surface area contributed by atoms with E-state index in [0.29, 0.717) is 21.8 Å². The van der Waals surface area contributed by atoms with Crippen LogP contribution in [0, 0.1) is 0 Å². The predicted octanol–water partition coefficient (Wildman–Crippen LogP) is 3.30. The van der Waals surface area contributed by atoms with Gasteiger partial charge in [0.05, 0.1) is 11.4 Å². The van der Waals surface area contributed by atoms with Crippen LogP contribution in [0.25, 0.3) is 11.3 Å². The van der Waals surface area contributed by atoms with Crippen LogP contribution < -0.4 is 5.73 Å². The van der Waals surface area contributed by atoms with Gasteiger partial charge in [-0.2, -0.15) is 0 Å². The van der Waals surface area contributed by atoms with Crippen LogP contribution >= 0.6 is 11.6 Å². The maximum Gasteiger partial charge on any atom is 0.266 e. The van der Waals surface area contributed by atoms with Crippen molar-refractivity contribution in [3.05, 3.63) is 82.8 Å². The van der Waals surface area contributed by atoms with Crippen molar-refractivity contribution < 1.29 is 9.18 Å². The van der Waals surface area contributed by atoms with E-state index in [-0.39, 0.29) is 17.6 Å². The van der Waals surface area contributed by atoms with Crippen molar-refractivity contribution in [2.24, 2.45) is 10.7 Å². The Labute approximate surface area is 171 Å². The van der Waals surface area contributed by atoms with Crippen LogP contribution in [0.3, 0.4) is 0 Å². The lowest BCUT2D eigenvalue weighted by Gasteiger charge is -2.27. The highest BCUT2D eigenvalue weighted by atomic mass is 35.5. The number of pyridine rings is 2. The summed E-state index contributed by atoms with van der Waals surface area (Å²) in [4.78, 5) is 27.5. The van der Waals surface area contributed by atoms with Gasteiger partial charge in [-0.25, -0.2) is 9.38 Å². The normalized spacial score (nSPS) is 18.8. The number of alkyl halides is 1. The number of rotatable bonds is 4. The molecule has 0 fully saturated rings. The number of carbonyl (C=O) groups is 1. The third-order valence-corrected chi connectivity index (χ3v) is 5.11. The molecule has 3 aromatic rings. The van der Waals surface area contributed by atoms with E-state index in [1.165, 1.54) is 17.2 Å². The summed E-state index contributed by atoms with van der Waals surface area (Å²) < 4.78 is 13.3. The molecule has 0 radical (unpaired) electrons. The number of amides is 1. The maximum absolute atomic E-state index is 13.4. The zero-order valence-corrected chi connectivity index (χ0v) is 16.3. The van der Waals surface area contributed by atoms with Gasteiger partial charge < -0.3 is 5.73 Å². The minimum atomic E-state index is -1.49. The van der Waals surface area contributed by atoms with Crippen molar-refractivity contribution in [1.29, 1.82) is 0 Å². The van der Waals surface area contributed by atoms with Crippen LogP contribution in [0.5, 0.6) is 0 Å². The molecule has 29 heavy (non-hydrogen) atoms. The Morgan fingerprint density at radius 3 is 2.59 bits per heavy atom. The molecule has 1 aliphatic heterocycles. The minimum Gasteiger partial charge on any atom is -0.369 e. The van der Waals surface area contributed by atoms with E-state index in [2.05, 4.69) is 15.0 Å². The van der Waals surface area contributed by atoms with Gasteiger partial charge in [0.1, 0.15) is 6.67 Å². The summed E-state index contributed by atoms with van der Waals surface area (Å²) in [6.45, 7) is -0.762. The van der Waals surface area contributed by atoms with Crippen LogP contribution in [0.4, 0.5) is 4.39 Å². The second-order valence-corrected chi connectivity index (χ2v) is 7.09. The summed E-state index contributed by atoms with van der Waals surface area (Å²) in [5, 5.41) is 0.415. The highest BCUT2D eigenvalue weighted by Gasteiger charge is 2.50. The molecule has 2 N–H and O–H groups in total. The lowest BCUT2D eigenvalue weighted by Crippen LogP contribution is -2.41. The topological polar surface area (TPSA) is 84.5 Å². The first kappa shape index (κ1) is 19.0. The number of nitrogens with zero attached hydrogens (tertiary/aromatic N) is 4. The van der Waals surface area contributed by atoms with E-state index in [9.17, 15) is 9.18 Å². The molecular formula is C21H17ClFN5O. The van der Waals surface area contributed by atoms with Gasteiger partial charge in [-0.1, -0.05) is 17.7 Å². The summed E-state index contributed by atoms with van der Waals surface area (Å²) in [6.07, 6.45) is 3.13. The quantitative estimate of drug-likeness (QED) is 0.716. The SMILES string of the molecule is CN1C(=O)C(c2cc(Cl)cc(-c3ccccn3)c2)(c2ccnc(CF)c2)N=C1N. The molecule has 1 aromatic carbocycles. The van der Waals surface area contributed by atoms with Crippen LogP contribution in [-0.2, 0) is 17.0 Å². The number of carbonyl (C=O) groups excluding carboxylic acids is 1. The minimum absolute atomic E-state index is 0.0629. The molecule has 0 spiro atoms. The molecule has 0 saturated carbocycles. The molecule has 1 unspecified atom stereocenters. The molecule has 146 valence electrons. The number of guanidine groups is 1. The van der Waals surface area contributed by atoms with E-state index >= 15 is 0 Å². The third kappa shape index (κ3) is 3.13. The van der Waals surface area contributed by atoms with Crippen LogP contribution in [0.15, 0.2) is 65.9 Å². The largest absolute Gasteiger partial charge is 0.369 e. The van der Waals surface area contributed by atoms with E-state index in [0.717, 1.165) is 5.56 Å². The Balaban J connectivity index is 1.99. The smallest absolute Gasteiger partial charge is 0.266 e. The summed E-state index contributed by atoms with van der Waals surface area (Å²) in [6, 6.07) is 13.9. The van der Waals surface area contributed by atoms with Gasteiger partial charge in [-0.3, -0.25) is 19.7 Å². The number of benzene rings is 1. The molecule has 1 amide bonds. The molecule has 3 heterocycles. The fourth-order valence-corrected chi connectivity index (χ4v) is 3.68. The number of aromatic nitrogens is 2. The second-order valence-electron chi connectivity index (χ2n) is 6.66. The molecule has 1 aliphatic rings. The molecule has 0 bridgehead atoms. The van der Waals surface area contributed by atoms with Crippen LogP contribution in [0.2, 0.25) is 5.02 Å². The molecule has 4 rings (SSSR count). The standard InChI is InChI=1S/C21H17ClFN5O/c1-28-19(29)21(27-20(28)24,14-5-7-25-17(11-14)12-23)15-8-13(9-16(22)10-15)18-4-2-3-6-26-18/h2-11H,12H2,1H3,(H2,24,27). The zero-order valence-electron chi connectivity index (χ0n) is 15.5. The number of likely N-dealkylation sites (N-methyl/N-ethyl adjacent to an activating group) is 1. The Morgan fingerprint density at radius 2 is 1.93 bits per heavy atom. The van der Waals surface area contributed by atoms with Crippen molar-refractivity contribution >= 4 is 23.5 Å². The molecule has 0 saturated heterocycles. The lowest BCUT2D eigenvalue weighted by molar-refractivity contribution is -0.129. The Morgan fingerprint density at radius 1 is 1.10 bits per heavy atom. The molecule has 0 aliphatic carbocycles. The Kier molecular flexibility index (Phi) is 4.76. The van der Waals surface area contributed by atoms with Crippen molar-refractivity contribution in [3.63, 3.8) is 0 Å². The van der Waals surface area contributed by atoms with Gasteiger partial charge in [-0.05, 0) is 53.6 Å². The number of aliphatic imine (C=N–C) groups is 1. The van der Waals surface area contributed by atoms with Gasteiger partial charge in [0.2, 0.25) is 0 Å². The summed E-state index contributed by atoms with van der Waals surface area (Å²) in [5.74, 6) is -0.298. The maximum atomic E-state index is 13.4. The first-order chi connectivity index (χ1) is 14.0. The Bertz CT molecular complexity index is 1120. The highest BCUT2D eigenvalue weighted by Crippen LogP contribution is 2.41. The van der Waals surface area contributed by atoms with E-state index in [1.54, 1.807) is 37.5 Å². The van der Waals surface area contributed by atoms with Gasteiger partial charge >= 0.3 is 0 Å². The first-order valence-electron chi connectivity index (χ1n) is 8.83. The fourth-order valence-electron chi connectivity index (χ4n) is 3.44. The summed E-state index contributed by atoms with van der Waals surface area (Å²) in [7, 11) is 1.55. The summed E-state index contributed by atoms with van der Waals surface area (Å²) >= 11 is 6.40. The second kappa shape index (κ2) is 7.25. The fraction of sp³-hybridized carbons (Fsp3) is 0.143. The lowest BCUT2D eigenvalue weighted by atomic mass is 9.82. The average molecular weight is 410 g/mol. The predicted molar refractivity (Wildman–Crippen MR) is 109 cm³/mol. The average Bonchev–Trinajstić information content (AvgIpc) is 2.99. The van der Waals surface area contributed by atoms with Crippen LogP contribution in [0.1, 0.15) is 16.8 Å². The zero-order chi connectivity index (χ0) is 20.6. The monoisotopic (exact) mass is 409 g/mol. The Hall–Kier alpha value is -3.32. The first-order valence-corrected chi connectivity index (χ1v) is 9.21. The molecule has 8 heteroatoms. The number of hydrogen-bond donors (Lipinski definition) is 1. The number of hydrogen-bond acceptors (Lipinski definition) is 5. The van der Waals surface area contributed by atoms with Gasteiger partial charge in [-0.15, -0.1) is 0 Å². The van der Waals surface area contributed by atoms with Gasteiger partial charge in [0.15, 0.2) is 11.5 Å². The molecular weight excluding hydrogens is 393 g/mol. The number of halogens is 2. The van der Waals surface area contributed by atoms with Crippen molar-refractivity contribution in [2.45, 2.75) is 12.2 Å². The van der Waals surface area contributed by atoms with Gasteiger partial charge in [0, 0.05) is 30.0 Å². The van der Waals surface area contributed by atoms with Crippen molar-refractivity contribution in [2.75, 3.05) is 7.05 Å². The van der Waals surface area contributed by atoms with Crippen LogP contribution in [-0.4, -0.2) is 33.8 Å². The van der Waals surface area contributed by atoms with E-state index < -0.39 is 12.2 Å². The van der Waals surface area contributed by atoms with Crippen molar-refractivity contribution in [3.8, 4) is 11.3 Å². The molecule has 2 aromatic heterocycles. The summed E-state index contributed by atoms with van der Waals surface area (Å²) in [5.41, 5.74) is 7.11. The third-order valence-electron chi connectivity index (χ3n) is 4.89. The number of nitrogens with two attached hydrogens (primary N) is 1. The van der Waals surface area contributed by atoms with E-state index in [4.69, 9.17) is 17.3 Å². The van der Waals surface area contributed by atoms with Gasteiger partial charge in [0.25, 0.3) is 5.91 Å². The highest BCUT2D eigenvalue weighted by molar-refractivity contribution is 6.31. The van der Waals surface area contributed by atoms with E-state index in [1.807, 2.05) is 18.2 Å². The van der Waals surface area contributed by atoms with Crippen molar-refractivity contribution in [1.82, 2.24) is 14.9 Å².